The summed E-state index contributed by atoms with van der Waals surface area (Å²) in [5.41, 5.74) is 9.00. The predicted molar refractivity (Wildman–Crippen MR) is 98.7 cm³/mol. The number of nitrogens with two attached hydrogens (primary N) is 1. The minimum Gasteiger partial charge on any atom is -0.355 e. The molecule has 1 saturated heterocycles. The number of hydrogen-bond donors (Lipinski definition) is 2. The molecule has 2 unspecified atom stereocenters. The first-order valence-corrected chi connectivity index (χ1v) is 10.2. The molecule has 3 aliphatic rings. The molecule has 3 heterocycles. The number of hydrogen-bond acceptors (Lipinski definition) is 4. The third-order valence-electron chi connectivity index (χ3n) is 6.97. The molecule has 1 spiro atoms. The van der Waals surface area contributed by atoms with Crippen molar-refractivity contribution in [3.63, 3.8) is 0 Å². The normalized spacial score (nSPS) is 27.7. The Morgan fingerprint density at radius 1 is 1.31 bits per heavy atom. The van der Waals surface area contributed by atoms with E-state index in [9.17, 15) is 18.0 Å². The molecule has 0 aromatic carbocycles. The topological polar surface area (TPSA) is 85.3 Å². The molecule has 3 fully saturated rings. The fourth-order valence-electron chi connectivity index (χ4n) is 4.92. The van der Waals surface area contributed by atoms with E-state index in [-0.39, 0.29) is 31.3 Å². The van der Waals surface area contributed by atoms with Gasteiger partial charge in [0.05, 0.1) is 29.5 Å². The highest BCUT2D eigenvalue weighted by molar-refractivity contribution is 5.79. The number of amides is 1. The van der Waals surface area contributed by atoms with Crippen LogP contribution < -0.4 is 11.1 Å². The van der Waals surface area contributed by atoms with Gasteiger partial charge in [-0.3, -0.25) is 4.79 Å². The molecule has 5 rings (SSSR count). The van der Waals surface area contributed by atoms with Gasteiger partial charge in [0, 0.05) is 18.9 Å². The molecule has 2 saturated carbocycles. The lowest BCUT2D eigenvalue weighted by atomic mass is 9.68. The van der Waals surface area contributed by atoms with Crippen molar-refractivity contribution in [1.29, 1.82) is 0 Å². The van der Waals surface area contributed by atoms with E-state index >= 15 is 0 Å². The number of carbonyl (C=O) groups is 1. The summed E-state index contributed by atoms with van der Waals surface area (Å²) >= 11 is 0. The summed E-state index contributed by atoms with van der Waals surface area (Å²) in [4.78, 5) is 16.6. The van der Waals surface area contributed by atoms with Crippen LogP contribution in [-0.2, 0) is 11.2 Å². The molecular weight excluding hydrogens is 383 g/mol. The molecule has 3 N–H and O–H groups in total. The van der Waals surface area contributed by atoms with E-state index in [2.05, 4.69) is 15.4 Å². The molecule has 1 amide bonds. The zero-order valence-corrected chi connectivity index (χ0v) is 16.0. The monoisotopic (exact) mass is 407 g/mol. The lowest BCUT2D eigenvalue weighted by molar-refractivity contribution is -0.183. The summed E-state index contributed by atoms with van der Waals surface area (Å²) in [5.74, 6) is -2.15. The van der Waals surface area contributed by atoms with Crippen LogP contribution in [-0.4, -0.2) is 33.2 Å². The van der Waals surface area contributed by atoms with Crippen LogP contribution in [0.1, 0.15) is 49.5 Å². The number of rotatable bonds is 4. The van der Waals surface area contributed by atoms with Crippen molar-refractivity contribution in [2.24, 2.45) is 28.9 Å². The Bertz CT molecular complexity index is 943. The van der Waals surface area contributed by atoms with E-state index in [1.807, 2.05) is 0 Å². The molecule has 9 heteroatoms. The lowest BCUT2D eigenvalue weighted by Crippen LogP contribution is -2.47. The van der Waals surface area contributed by atoms with Gasteiger partial charge in [-0.05, 0) is 55.6 Å². The van der Waals surface area contributed by atoms with Crippen molar-refractivity contribution < 1.29 is 18.0 Å². The fourth-order valence-corrected chi connectivity index (χ4v) is 4.92. The molecule has 29 heavy (non-hydrogen) atoms. The summed E-state index contributed by atoms with van der Waals surface area (Å²) in [7, 11) is 0. The van der Waals surface area contributed by atoms with Gasteiger partial charge < -0.3 is 11.1 Å². The number of aromatic nitrogens is 3. The second kappa shape index (κ2) is 6.42. The smallest absolute Gasteiger partial charge is 0.355 e. The van der Waals surface area contributed by atoms with Crippen molar-refractivity contribution in [1.82, 2.24) is 19.9 Å². The average Bonchev–Trinajstić information content (AvgIpc) is 3.33. The minimum atomic E-state index is -4.31. The quantitative estimate of drug-likeness (QED) is 0.816. The Hall–Kier alpha value is -2.16. The van der Waals surface area contributed by atoms with Gasteiger partial charge in [0.2, 0.25) is 5.91 Å². The zero-order valence-electron chi connectivity index (χ0n) is 16.0. The van der Waals surface area contributed by atoms with Crippen LogP contribution in [0.3, 0.4) is 0 Å². The highest BCUT2D eigenvalue weighted by Crippen LogP contribution is 2.65. The summed E-state index contributed by atoms with van der Waals surface area (Å²) in [5, 5.41) is 6.86. The second-order valence-corrected chi connectivity index (χ2v) is 9.11. The lowest BCUT2D eigenvalue weighted by Gasteiger charge is -2.39. The van der Waals surface area contributed by atoms with Crippen LogP contribution >= 0.6 is 0 Å². The molecule has 0 bridgehead atoms. The average molecular weight is 407 g/mol. The van der Waals surface area contributed by atoms with Gasteiger partial charge in [0.25, 0.3) is 0 Å². The van der Waals surface area contributed by atoms with Gasteiger partial charge in [-0.1, -0.05) is 0 Å². The number of carbonyl (C=O) groups excluding carboxylic acids is 1. The van der Waals surface area contributed by atoms with E-state index < -0.39 is 18.0 Å². The van der Waals surface area contributed by atoms with E-state index in [1.165, 1.54) is 12.8 Å². The molecule has 0 radical (unpaired) electrons. The van der Waals surface area contributed by atoms with Crippen molar-refractivity contribution in [3.8, 4) is 0 Å². The van der Waals surface area contributed by atoms with E-state index in [0.717, 1.165) is 18.5 Å². The molecule has 6 nitrogen and oxygen atoms in total. The summed E-state index contributed by atoms with van der Waals surface area (Å²) in [6, 6.07) is 3.39. The summed E-state index contributed by atoms with van der Waals surface area (Å²) < 4.78 is 40.7. The number of nitrogens with zero attached hydrogens (tertiary/aromatic N) is 3. The first kappa shape index (κ1) is 18.8. The largest absolute Gasteiger partial charge is 0.393 e. The third kappa shape index (κ3) is 3.49. The number of fused-ring (bicyclic) bond motifs is 1. The van der Waals surface area contributed by atoms with Crippen molar-refractivity contribution in [3.05, 3.63) is 29.7 Å². The number of nitrogens with one attached hydrogen (secondary N) is 1. The van der Waals surface area contributed by atoms with Gasteiger partial charge >= 0.3 is 6.18 Å². The Morgan fingerprint density at radius 3 is 2.76 bits per heavy atom. The Morgan fingerprint density at radius 2 is 2.07 bits per heavy atom. The standard InChI is InChI=1S/C20H24F3N5O/c21-20(22,23)13-5-11(18(29)25-9-13)6-14-1-2-16-26-15(10-28(16)27-14)17(24)12-7-19(8-12)3-4-19/h1-2,10-13,17H,3-9,24H2,(H,25,29)/t11?,13-,17?/m1/s1. The van der Waals surface area contributed by atoms with Crippen LogP contribution in [0.25, 0.3) is 5.65 Å². The molecule has 2 aliphatic carbocycles. The number of halogens is 3. The van der Waals surface area contributed by atoms with Gasteiger partial charge in [-0.25, -0.2) is 9.50 Å². The predicted octanol–water partition coefficient (Wildman–Crippen LogP) is 2.78. The number of alkyl halides is 3. The van der Waals surface area contributed by atoms with Gasteiger partial charge in [0.15, 0.2) is 5.65 Å². The zero-order chi connectivity index (χ0) is 20.4. The van der Waals surface area contributed by atoms with Crippen LogP contribution in [0.2, 0.25) is 0 Å². The summed E-state index contributed by atoms with van der Waals surface area (Å²) in [6.07, 6.45) is 2.42. The van der Waals surface area contributed by atoms with Crippen molar-refractivity contribution in [2.45, 2.75) is 50.7 Å². The molecule has 2 aromatic heterocycles. The van der Waals surface area contributed by atoms with Crippen LogP contribution in [0.5, 0.6) is 0 Å². The van der Waals surface area contributed by atoms with Gasteiger partial charge in [0.1, 0.15) is 0 Å². The molecule has 3 atom stereocenters. The van der Waals surface area contributed by atoms with Crippen molar-refractivity contribution in [2.75, 3.05) is 6.54 Å². The molecule has 156 valence electrons. The Balaban J connectivity index is 1.30. The fraction of sp³-hybridized carbons (Fsp3) is 0.650. The highest BCUT2D eigenvalue weighted by Gasteiger charge is 2.54. The van der Waals surface area contributed by atoms with Gasteiger partial charge in [-0.2, -0.15) is 18.3 Å². The maximum Gasteiger partial charge on any atom is 0.393 e. The first-order chi connectivity index (χ1) is 13.7. The minimum absolute atomic E-state index is 0.122. The first-order valence-electron chi connectivity index (χ1n) is 10.2. The Kier molecular flexibility index (Phi) is 4.17. The summed E-state index contributed by atoms with van der Waals surface area (Å²) in [6.45, 7) is -0.351. The van der Waals surface area contributed by atoms with E-state index in [4.69, 9.17) is 5.73 Å². The molecule has 1 aliphatic heterocycles. The molecular formula is C20H24F3N5O. The van der Waals surface area contributed by atoms with Crippen molar-refractivity contribution >= 4 is 11.6 Å². The third-order valence-corrected chi connectivity index (χ3v) is 6.97. The highest BCUT2D eigenvalue weighted by atomic mass is 19.4. The SMILES string of the molecule is NC(c1cn2nc(CC3C[C@@H](C(F)(F)F)CNC3=O)ccc2n1)C1CC2(CC2)C1. The molecule has 2 aromatic rings. The van der Waals surface area contributed by atoms with Crippen LogP contribution in [0.4, 0.5) is 13.2 Å². The number of piperidine rings is 1. The van der Waals surface area contributed by atoms with E-state index in [0.29, 0.717) is 22.7 Å². The van der Waals surface area contributed by atoms with Gasteiger partial charge in [-0.15, -0.1) is 0 Å². The Labute approximate surface area is 166 Å². The van der Waals surface area contributed by atoms with Crippen LogP contribution in [0, 0.1) is 23.2 Å². The second-order valence-electron chi connectivity index (χ2n) is 9.11. The van der Waals surface area contributed by atoms with E-state index in [1.54, 1.807) is 22.8 Å². The maximum atomic E-state index is 13.0. The maximum absolute atomic E-state index is 13.0. The van der Waals surface area contributed by atoms with Crippen LogP contribution in [0.15, 0.2) is 18.3 Å². The number of imidazole rings is 1.